The van der Waals surface area contributed by atoms with Crippen LogP contribution in [-0.4, -0.2) is 23.2 Å². The fourth-order valence-corrected chi connectivity index (χ4v) is 3.84. The molecule has 0 heterocycles. The lowest BCUT2D eigenvalue weighted by Crippen LogP contribution is -2.35. The van der Waals surface area contributed by atoms with E-state index in [1.165, 1.54) is 16.7 Å². The van der Waals surface area contributed by atoms with Crippen molar-refractivity contribution in [1.29, 1.82) is 0 Å². The van der Waals surface area contributed by atoms with Gasteiger partial charge in [0.1, 0.15) is 0 Å². The minimum absolute atomic E-state index is 0.00577. The monoisotopic (exact) mass is 373 g/mol. The Bertz CT molecular complexity index is 788. The third-order valence-corrected chi connectivity index (χ3v) is 5.46. The highest BCUT2D eigenvalue weighted by molar-refractivity contribution is 5.21. The molecule has 3 aromatic carbocycles. The summed E-state index contributed by atoms with van der Waals surface area (Å²) in [6.07, 6.45) is 2.18. The van der Waals surface area contributed by atoms with E-state index in [-0.39, 0.29) is 12.6 Å². The summed E-state index contributed by atoms with van der Waals surface area (Å²) in [5, 5.41) is 10.3. The zero-order valence-electron chi connectivity index (χ0n) is 16.7. The molecule has 2 nitrogen and oxygen atoms in total. The molecule has 0 spiro atoms. The summed E-state index contributed by atoms with van der Waals surface area (Å²) >= 11 is 0. The van der Waals surface area contributed by atoms with Crippen LogP contribution in [0, 0.1) is 5.92 Å². The summed E-state index contributed by atoms with van der Waals surface area (Å²) in [5.74, 6) is 0.545. The highest BCUT2D eigenvalue weighted by Gasteiger charge is 2.23. The van der Waals surface area contributed by atoms with Gasteiger partial charge in [-0.15, -0.1) is 0 Å². The first-order valence-corrected chi connectivity index (χ1v) is 10.3. The molecule has 1 N–H and O–H groups in total. The predicted octanol–water partition coefficient (Wildman–Crippen LogP) is 5.49. The second-order valence-corrected chi connectivity index (χ2v) is 7.49. The molecule has 2 heteroatoms. The Morgan fingerprint density at radius 3 is 1.82 bits per heavy atom. The normalized spacial score (nSPS) is 13.4. The van der Waals surface area contributed by atoms with E-state index in [1.54, 1.807) is 0 Å². The molecule has 0 radical (unpaired) electrons. The lowest BCUT2D eigenvalue weighted by molar-refractivity contribution is 0.0984. The topological polar surface area (TPSA) is 23.5 Å². The summed E-state index contributed by atoms with van der Waals surface area (Å²) in [4.78, 5) is 2.45. The van der Waals surface area contributed by atoms with E-state index < -0.39 is 0 Å². The lowest BCUT2D eigenvalue weighted by Gasteiger charge is -2.34. The van der Waals surface area contributed by atoms with Crippen molar-refractivity contribution in [2.24, 2.45) is 5.92 Å². The molecule has 0 unspecified atom stereocenters. The average molecular weight is 374 g/mol. The van der Waals surface area contributed by atoms with Crippen LogP contribution in [0.1, 0.15) is 36.1 Å². The number of hydrogen-bond donors (Lipinski definition) is 1. The first kappa shape index (κ1) is 20.3. The fraction of sp³-hybridized carbons (Fsp3) is 0.308. The Hall–Kier alpha value is -2.42. The van der Waals surface area contributed by atoms with Crippen molar-refractivity contribution in [1.82, 2.24) is 4.90 Å². The summed E-state index contributed by atoms with van der Waals surface area (Å²) in [6.45, 7) is 4.19. The molecule has 3 aromatic rings. The molecule has 28 heavy (non-hydrogen) atoms. The molecule has 3 rings (SSSR count). The molecule has 0 aromatic heterocycles. The molecule has 0 saturated heterocycles. The van der Waals surface area contributed by atoms with Gasteiger partial charge in [-0.1, -0.05) is 104 Å². The van der Waals surface area contributed by atoms with E-state index in [4.69, 9.17) is 0 Å². The first-order valence-electron chi connectivity index (χ1n) is 10.3. The van der Waals surface area contributed by atoms with Crippen LogP contribution in [0.25, 0.3) is 0 Å². The Morgan fingerprint density at radius 1 is 0.750 bits per heavy atom. The standard InChI is InChI=1S/C26H31NO/c1-2-22(18-23-12-6-3-7-13-23)19-27(20-24-14-8-4-9-15-24)26(21-28)25-16-10-5-11-17-25/h3-17,22,26,28H,2,18-21H2,1H3/t22-,26+/m1/s1. The summed E-state index contributed by atoms with van der Waals surface area (Å²) in [7, 11) is 0. The van der Waals surface area contributed by atoms with Crippen molar-refractivity contribution < 1.29 is 5.11 Å². The zero-order valence-corrected chi connectivity index (χ0v) is 16.7. The maximum absolute atomic E-state index is 10.3. The second-order valence-electron chi connectivity index (χ2n) is 7.49. The minimum atomic E-state index is 0.00577. The molecule has 146 valence electrons. The van der Waals surface area contributed by atoms with Crippen LogP contribution in [0.3, 0.4) is 0 Å². The van der Waals surface area contributed by atoms with Gasteiger partial charge in [0.2, 0.25) is 0 Å². The van der Waals surface area contributed by atoms with Crippen LogP contribution in [-0.2, 0) is 13.0 Å². The third-order valence-electron chi connectivity index (χ3n) is 5.46. The molecule has 0 saturated carbocycles. The maximum atomic E-state index is 10.3. The Labute approximate surface area is 169 Å². The van der Waals surface area contributed by atoms with Gasteiger partial charge in [-0.05, 0) is 29.0 Å². The van der Waals surface area contributed by atoms with Gasteiger partial charge in [0, 0.05) is 13.1 Å². The average Bonchev–Trinajstić information content (AvgIpc) is 2.76. The van der Waals surface area contributed by atoms with Crippen LogP contribution >= 0.6 is 0 Å². The van der Waals surface area contributed by atoms with Crippen LogP contribution in [0.5, 0.6) is 0 Å². The van der Waals surface area contributed by atoms with E-state index in [1.807, 2.05) is 6.07 Å². The minimum Gasteiger partial charge on any atom is -0.394 e. The molecular formula is C26H31NO. The smallest absolute Gasteiger partial charge is 0.0628 e. The Balaban J connectivity index is 1.82. The van der Waals surface area contributed by atoms with Crippen LogP contribution in [0.2, 0.25) is 0 Å². The predicted molar refractivity (Wildman–Crippen MR) is 117 cm³/mol. The maximum Gasteiger partial charge on any atom is 0.0628 e. The molecule has 0 bridgehead atoms. The number of nitrogens with zero attached hydrogens (tertiary/aromatic N) is 1. The largest absolute Gasteiger partial charge is 0.394 e. The van der Waals surface area contributed by atoms with Crippen LogP contribution in [0.15, 0.2) is 91.0 Å². The van der Waals surface area contributed by atoms with Gasteiger partial charge in [0.15, 0.2) is 0 Å². The number of rotatable bonds is 10. The van der Waals surface area contributed by atoms with Crippen molar-refractivity contribution in [3.05, 3.63) is 108 Å². The second kappa shape index (κ2) is 10.8. The summed E-state index contributed by atoms with van der Waals surface area (Å²) < 4.78 is 0. The van der Waals surface area contributed by atoms with Gasteiger partial charge in [-0.3, -0.25) is 4.90 Å². The molecule has 0 fully saturated rings. The molecule has 0 aliphatic carbocycles. The molecule has 0 aliphatic heterocycles. The molecule has 0 amide bonds. The number of hydrogen-bond acceptors (Lipinski definition) is 2. The summed E-state index contributed by atoms with van der Waals surface area (Å²) in [6, 6.07) is 31.7. The van der Waals surface area contributed by atoms with E-state index in [9.17, 15) is 5.11 Å². The van der Waals surface area contributed by atoms with Crippen molar-refractivity contribution in [3.63, 3.8) is 0 Å². The Kier molecular flexibility index (Phi) is 7.83. The van der Waals surface area contributed by atoms with Gasteiger partial charge in [0.25, 0.3) is 0 Å². The fourth-order valence-electron chi connectivity index (χ4n) is 3.84. The Morgan fingerprint density at radius 2 is 1.29 bits per heavy atom. The summed E-state index contributed by atoms with van der Waals surface area (Å²) in [5.41, 5.74) is 3.84. The van der Waals surface area contributed by atoms with Crippen molar-refractivity contribution in [2.75, 3.05) is 13.2 Å². The molecular weight excluding hydrogens is 342 g/mol. The number of aliphatic hydroxyl groups is 1. The van der Waals surface area contributed by atoms with Crippen LogP contribution < -0.4 is 0 Å². The molecule has 0 aliphatic rings. The van der Waals surface area contributed by atoms with Gasteiger partial charge in [-0.2, -0.15) is 0 Å². The SMILES string of the molecule is CC[C@H](Cc1ccccc1)CN(Cc1ccccc1)[C@@H](CO)c1ccccc1. The third kappa shape index (κ3) is 5.79. The zero-order chi connectivity index (χ0) is 19.6. The van der Waals surface area contributed by atoms with Crippen LogP contribution in [0.4, 0.5) is 0 Å². The van der Waals surface area contributed by atoms with E-state index >= 15 is 0 Å². The van der Waals surface area contributed by atoms with E-state index in [2.05, 4.69) is 96.8 Å². The van der Waals surface area contributed by atoms with E-state index in [0.29, 0.717) is 5.92 Å². The van der Waals surface area contributed by atoms with Crippen molar-refractivity contribution in [3.8, 4) is 0 Å². The lowest BCUT2D eigenvalue weighted by atomic mass is 9.94. The molecule has 2 atom stereocenters. The quantitative estimate of drug-likeness (QED) is 0.508. The highest BCUT2D eigenvalue weighted by atomic mass is 16.3. The highest BCUT2D eigenvalue weighted by Crippen LogP contribution is 2.25. The van der Waals surface area contributed by atoms with Gasteiger partial charge >= 0.3 is 0 Å². The van der Waals surface area contributed by atoms with Crippen molar-refractivity contribution in [2.45, 2.75) is 32.4 Å². The van der Waals surface area contributed by atoms with E-state index in [0.717, 1.165) is 25.9 Å². The van der Waals surface area contributed by atoms with Gasteiger partial charge in [0.05, 0.1) is 12.6 Å². The van der Waals surface area contributed by atoms with Gasteiger partial charge < -0.3 is 5.11 Å². The van der Waals surface area contributed by atoms with Crippen molar-refractivity contribution >= 4 is 0 Å². The van der Waals surface area contributed by atoms with Gasteiger partial charge in [-0.25, -0.2) is 0 Å². The number of aliphatic hydroxyl groups excluding tert-OH is 1. The first-order chi connectivity index (χ1) is 13.8. The number of benzene rings is 3.